The molecule has 1 unspecified atom stereocenters. The number of hydrogen-bond donors (Lipinski definition) is 2. The molecule has 2 N–H and O–H groups in total. The van der Waals surface area contributed by atoms with E-state index in [9.17, 15) is 9.59 Å². The molecule has 1 aromatic carbocycles. The number of rotatable bonds is 5. The average molecular weight is 374 g/mol. The molecule has 0 aliphatic carbocycles. The van der Waals surface area contributed by atoms with Crippen molar-refractivity contribution in [1.82, 2.24) is 15.5 Å². The number of benzene rings is 1. The summed E-state index contributed by atoms with van der Waals surface area (Å²) in [6.07, 6.45) is 0.244. The number of carbonyl (C=O) groups excluding carboxylic acids is 2. The lowest BCUT2D eigenvalue weighted by molar-refractivity contribution is -0.126. The lowest BCUT2D eigenvalue weighted by Crippen LogP contribution is -2.46. The van der Waals surface area contributed by atoms with Crippen LogP contribution in [0.1, 0.15) is 6.42 Å². The van der Waals surface area contributed by atoms with Gasteiger partial charge in [-0.2, -0.15) is 0 Å². The van der Waals surface area contributed by atoms with E-state index in [4.69, 9.17) is 9.47 Å². The summed E-state index contributed by atoms with van der Waals surface area (Å²) in [5.41, 5.74) is 0.750. The van der Waals surface area contributed by atoms with Crippen molar-refractivity contribution in [3.63, 3.8) is 0 Å². The van der Waals surface area contributed by atoms with Crippen molar-refractivity contribution < 1.29 is 19.1 Å². The van der Waals surface area contributed by atoms with E-state index in [1.807, 2.05) is 18.2 Å². The van der Waals surface area contributed by atoms with Gasteiger partial charge in [-0.1, -0.05) is 0 Å². The van der Waals surface area contributed by atoms with Gasteiger partial charge in [0.2, 0.25) is 11.8 Å². The second kappa shape index (κ2) is 8.14. The first-order valence-electron chi connectivity index (χ1n) is 9.61. The molecule has 27 heavy (non-hydrogen) atoms. The van der Waals surface area contributed by atoms with Crippen LogP contribution >= 0.6 is 0 Å². The fourth-order valence-corrected chi connectivity index (χ4v) is 3.75. The van der Waals surface area contributed by atoms with Crippen LogP contribution < -0.4 is 25.0 Å². The van der Waals surface area contributed by atoms with Gasteiger partial charge in [0.1, 0.15) is 13.2 Å². The largest absolute Gasteiger partial charge is 0.486 e. The minimum absolute atomic E-state index is 0.0334. The van der Waals surface area contributed by atoms with Gasteiger partial charge >= 0.3 is 0 Å². The number of nitrogens with one attached hydrogen (secondary N) is 2. The van der Waals surface area contributed by atoms with Gasteiger partial charge in [-0.3, -0.25) is 14.5 Å². The summed E-state index contributed by atoms with van der Waals surface area (Å²) in [6.45, 7) is 6.91. The molecule has 2 saturated heterocycles. The van der Waals surface area contributed by atoms with Crippen molar-refractivity contribution in [3.8, 4) is 11.5 Å². The van der Waals surface area contributed by atoms with Crippen LogP contribution in [0.3, 0.4) is 0 Å². The molecule has 1 aromatic rings. The molecule has 3 aliphatic heterocycles. The lowest BCUT2D eigenvalue weighted by atomic mass is 10.1. The number of carbonyl (C=O) groups is 2. The number of amides is 2. The van der Waals surface area contributed by atoms with E-state index in [0.29, 0.717) is 37.8 Å². The monoisotopic (exact) mass is 374 g/mol. The number of hydrogen-bond acceptors (Lipinski definition) is 6. The summed E-state index contributed by atoms with van der Waals surface area (Å²) in [5.74, 6) is 0.954. The quantitative estimate of drug-likeness (QED) is 0.745. The first kappa shape index (κ1) is 18.1. The highest BCUT2D eigenvalue weighted by Gasteiger charge is 2.35. The van der Waals surface area contributed by atoms with Gasteiger partial charge in [-0.15, -0.1) is 0 Å². The summed E-state index contributed by atoms with van der Waals surface area (Å²) in [7, 11) is 0. The van der Waals surface area contributed by atoms with Crippen LogP contribution in [-0.2, 0) is 9.59 Å². The topological polar surface area (TPSA) is 83.1 Å². The van der Waals surface area contributed by atoms with E-state index in [0.717, 1.165) is 38.4 Å². The van der Waals surface area contributed by atoms with Crippen molar-refractivity contribution in [2.75, 3.05) is 63.9 Å². The molecule has 4 rings (SSSR count). The highest BCUT2D eigenvalue weighted by Crippen LogP contribution is 2.35. The van der Waals surface area contributed by atoms with Crippen LogP contribution in [-0.4, -0.2) is 75.7 Å². The van der Waals surface area contributed by atoms with E-state index in [-0.39, 0.29) is 24.2 Å². The molecule has 8 nitrogen and oxygen atoms in total. The van der Waals surface area contributed by atoms with Crippen LogP contribution in [0, 0.1) is 5.92 Å². The number of ether oxygens (including phenoxy) is 2. The summed E-state index contributed by atoms with van der Waals surface area (Å²) < 4.78 is 11.1. The average Bonchev–Trinajstić information content (AvgIpc) is 3.10. The fraction of sp³-hybridized carbons (Fsp3) is 0.579. The Labute approximate surface area is 158 Å². The number of nitrogens with zero attached hydrogens (tertiary/aromatic N) is 2. The van der Waals surface area contributed by atoms with E-state index < -0.39 is 0 Å². The molecule has 146 valence electrons. The smallest absolute Gasteiger partial charge is 0.227 e. The Balaban J connectivity index is 1.31. The molecule has 0 saturated carbocycles. The highest BCUT2D eigenvalue weighted by molar-refractivity contribution is 6.00. The SMILES string of the molecule is O=C(NCCN1CCNCC1)C1CC(=O)N(c2ccc3c(c2)OCCO3)C1. The number of anilines is 1. The molecule has 2 amide bonds. The number of piperazine rings is 1. The van der Waals surface area contributed by atoms with Crippen molar-refractivity contribution >= 4 is 17.5 Å². The van der Waals surface area contributed by atoms with E-state index >= 15 is 0 Å². The van der Waals surface area contributed by atoms with Crippen molar-refractivity contribution in [1.29, 1.82) is 0 Å². The molecule has 8 heteroatoms. The van der Waals surface area contributed by atoms with Crippen LogP contribution in [0.15, 0.2) is 18.2 Å². The molecule has 3 aliphatic rings. The maximum absolute atomic E-state index is 12.5. The molecular formula is C19H26N4O4. The third-order valence-corrected chi connectivity index (χ3v) is 5.27. The van der Waals surface area contributed by atoms with Gasteiger partial charge in [0, 0.05) is 64.0 Å². The summed E-state index contributed by atoms with van der Waals surface area (Å²) in [4.78, 5) is 28.9. The fourth-order valence-electron chi connectivity index (χ4n) is 3.75. The van der Waals surface area contributed by atoms with Crippen molar-refractivity contribution in [2.45, 2.75) is 6.42 Å². The molecule has 0 bridgehead atoms. The van der Waals surface area contributed by atoms with Crippen LogP contribution in [0.25, 0.3) is 0 Å². The standard InChI is InChI=1S/C19H26N4O4/c24-18-11-14(19(25)21-5-8-22-6-3-20-4-7-22)13-23(18)15-1-2-16-17(12-15)27-10-9-26-16/h1-2,12,14,20H,3-11,13H2,(H,21,25). The van der Waals surface area contributed by atoms with Crippen LogP contribution in [0.5, 0.6) is 11.5 Å². The Morgan fingerprint density at radius 2 is 1.96 bits per heavy atom. The Kier molecular flexibility index (Phi) is 5.45. The van der Waals surface area contributed by atoms with Crippen LogP contribution in [0.4, 0.5) is 5.69 Å². The Morgan fingerprint density at radius 1 is 1.19 bits per heavy atom. The summed E-state index contributed by atoms with van der Waals surface area (Å²) >= 11 is 0. The van der Waals surface area contributed by atoms with Crippen molar-refractivity contribution in [2.24, 2.45) is 5.92 Å². The minimum atomic E-state index is -0.311. The summed E-state index contributed by atoms with van der Waals surface area (Å²) in [5, 5.41) is 6.30. The number of fused-ring (bicyclic) bond motifs is 1. The van der Waals surface area contributed by atoms with Gasteiger partial charge in [-0.05, 0) is 12.1 Å². The molecule has 3 heterocycles. The Hall–Kier alpha value is -2.32. The predicted molar refractivity (Wildman–Crippen MR) is 100 cm³/mol. The van der Waals surface area contributed by atoms with Gasteiger partial charge in [-0.25, -0.2) is 0 Å². The Morgan fingerprint density at radius 3 is 2.78 bits per heavy atom. The molecule has 0 spiro atoms. The van der Waals surface area contributed by atoms with E-state index in [1.54, 1.807) is 4.90 Å². The lowest BCUT2D eigenvalue weighted by Gasteiger charge is -2.27. The van der Waals surface area contributed by atoms with Crippen LogP contribution in [0.2, 0.25) is 0 Å². The van der Waals surface area contributed by atoms with Gasteiger partial charge in [0.05, 0.1) is 5.92 Å². The van der Waals surface area contributed by atoms with Gasteiger partial charge < -0.3 is 25.0 Å². The third-order valence-electron chi connectivity index (χ3n) is 5.27. The summed E-state index contributed by atoms with van der Waals surface area (Å²) in [6, 6.07) is 5.48. The first-order valence-corrected chi connectivity index (χ1v) is 9.61. The highest BCUT2D eigenvalue weighted by atomic mass is 16.6. The molecule has 0 aromatic heterocycles. The van der Waals surface area contributed by atoms with E-state index in [1.165, 1.54) is 0 Å². The first-order chi connectivity index (χ1) is 13.2. The zero-order valence-electron chi connectivity index (χ0n) is 15.4. The van der Waals surface area contributed by atoms with Crippen molar-refractivity contribution in [3.05, 3.63) is 18.2 Å². The zero-order chi connectivity index (χ0) is 18.6. The second-order valence-corrected chi connectivity index (χ2v) is 7.12. The Bertz CT molecular complexity index is 705. The predicted octanol–water partition coefficient (Wildman–Crippen LogP) is -0.168. The maximum atomic E-state index is 12.5. The maximum Gasteiger partial charge on any atom is 0.227 e. The molecule has 0 radical (unpaired) electrons. The molecular weight excluding hydrogens is 348 g/mol. The molecule has 1 atom stereocenters. The van der Waals surface area contributed by atoms with Gasteiger partial charge in [0.15, 0.2) is 11.5 Å². The van der Waals surface area contributed by atoms with E-state index in [2.05, 4.69) is 15.5 Å². The normalized spacial score (nSPS) is 22.7. The second-order valence-electron chi connectivity index (χ2n) is 7.12. The third kappa shape index (κ3) is 4.17. The zero-order valence-corrected chi connectivity index (χ0v) is 15.4. The minimum Gasteiger partial charge on any atom is -0.486 e. The van der Waals surface area contributed by atoms with Gasteiger partial charge in [0.25, 0.3) is 0 Å². The molecule has 2 fully saturated rings.